The third-order valence-corrected chi connectivity index (χ3v) is 6.40. The molecule has 2 fully saturated rings. The number of rotatable bonds is 8. The molecule has 2 aliphatic rings. The van der Waals surface area contributed by atoms with Crippen molar-refractivity contribution in [1.82, 2.24) is 24.7 Å². The molecule has 2 heterocycles. The van der Waals surface area contributed by atoms with Gasteiger partial charge in [0.1, 0.15) is 12.4 Å². The fourth-order valence-corrected chi connectivity index (χ4v) is 4.47. The van der Waals surface area contributed by atoms with Gasteiger partial charge in [0.25, 0.3) is 0 Å². The van der Waals surface area contributed by atoms with Crippen molar-refractivity contribution in [2.45, 2.75) is 44.5 Å². The molecule has 164 valence electrons. The normalized spacial score (nSPS) is 19.8. The molecule has 30 heavy (non-hydrogen) atoms. The Hall–Kier alpha value is -1.93. The van der Waals surface area contributed by atoms with Gasteiger partial charge >= 0.3 is 0 Å². The number of nitrogens with one attached hydrogen (secondary N) is 1. The zero-order chi connectivity index (χ0) is 20.8. The smallest absolute Gasteiger partial charge is 0.191 e. The molecule has 1 aliphatic carbocycles. The van der Waals surface area contributed by atoms with Gasteiger partial charge in [-0.3, -0.25) is 14.4 Å². The van der Waals surface area contributed by atoms with Gasteiger partial charge in [-0.25, -0.2) is 4.98 Å². The highest BCUT2D eigenvalue weighted by Gasteiger charge is 2.24. The van der Waals surface area contributed by atoms with Crippen molar-refractivity contribution in [3.63, 3.8) is 0 Å². The molecule has 0 bridgehead atoms. The second kappa shape index (κ2) is 10.4. The highest BCUT2D eigenvalue weighted by Crippen LogP contribution is 2.27. The summed E-state index contributed by atoms with van der Waals surface area (Å²) in [5.74, 6) is 0.858. The number of nitrogens with zero attached hydrogens (tertiary/aromatic N) is 4. The van der Waals surface area contributed by atoms with E-state index in [1.54, 1.807) is 10.9 Å². The van der Waals surface area contributed by atoms with Crippen molar-refractivity contribution in [2.24, 2.45) is 0 Å². The SMILES string of the molecule is CN(C1CCCCC1)C(O)n1cnc(-c2cccc(OCCN3CCNCC3)c2)c1. The second-order valence-corrected chi connectivity index (χ2v) is 8.48. The first-order valence-corrected chi connectivity index (χ1v) is 11.3. The van der Waals surface area contributed by atoms with Crippen LogP contribution in [0.5, 0.6) is 5.75 Å². The molecular formula is C23H35N5O2. The number of imidazole rings is 1. The summed E-state index contributed by atoms with van der Waals surface area (Å²) in [6.07, 6.45) is 9.07. The molecule has 1 aliphatic heterocycles. The minimum atomic E-state index is -0.687. The summed E-state index contributed by atoms with van der Waals surface area (Å²) >= 11 is 0. The van der Waals surface area contributed by atoms with Gasteiger partial charge in [0.05, 0.1) is 12.0 Å². The number of hydrogen-bond acceptors (Lipinski definition) is 6. The van der Waals surface area contributed by atoms with Crippen molar-refractivity contribution >= 4 is 0 Å². The summed E-state index contributed by atoms with van der Waals surface area (Å²) in [6, 6.07) is 8.49. The fourth-order valence-electron chi connectivity index (χ4n) is 4.47. The van der Waals surface area contributed by atoms with Gasteiger partial charge in [-0.05, 0) is 32.0 Å². The monoisotopic (exact) mass is 413 g/mol. The van der Waals surface area contributed by atoms with Crippen LogP contribution in [0.25, 0.3) is 11.3 Å². The van der Waals surface area contributed by atoms with Gasteiger partial charge in [-0.1, -0.05) is 31.4 Å². The Bertz CT molecular complexity index is 783. The summed E-state index contributed by atoms with van der Waals surface area (Å²) in [5.41, 5.74) is 1.85. The average molecular weight is 414 g/mol. The number of aliphatic hydroxyl groups excluding tert-OH is 1. The molecule has 1 saturated carbocycles. The van der Waals surface area contributed by atoms with E-state index in [2.05, 4.69) is 20.1 Å². The Morgan fingerprint density at radius 1 is 1.23 bits per heavy atom. The highest BCUT2D eigenvalue weighted by atomic mass is 16.5. The topological polar surface area (TPSA) is 65.8 Å². The fraction of sp³-hybridized carbons (Fsp3) is 0.609. The van der Waals surface area contributed by atoms with Gasteiger partial charge in [0, 0.05) is 50.5 Å². The minimum Gasteiger partial charge on any atom is -0.492 e. The molecule has 1 saturated heterocycles. The molecule has 1 aromatic carbocycles. The molecule has 7 nitrogen and oxygen atoms in total. The lowest BCUT2D eigenvalue weighted by Crippen LogP contribution is -2.44. The molecule has 1 unspecified atom stereocenters. The Balaban J connectivity index is 1.35. The molecule has 7 heteroatoms. The lowest BCUT2D eigenvalue weighted by molar-refractivity contribution is -0.0695. The number of hydrogen-bond donors (Lipinski definition) is 2. The van der Waals surface area contributed by atoms with Crippen molar-refractivity contribution < 1.29 is 9.84 Å². The van der Waals surface area contributed by atoms with Crippen LogP contribution in [0.2, 0.25) is 0 Å². The maximum atomic E-state index is 10.8. The number of piperazine rings is 1. The van der Waals surface area contributed by atoms with Crippen LogP contribution in [0, 0.1) is 0 Å². The molecule has 4 rings (SSSR count). The van der Waals surface area contributed by atoms with Crippen LogP contribution >= 0.6 is 0 Å². The van der Waals surface area contributed by atoms with Crippen LogP contribution in [0.1, 0.15) is 38.5 Å². The maximum Gasteiger partial charge on any atom is 0.191 e. The van der Waals surface area contributed by atoms with E-state index < -0.39 is 6.35 Å². The van der Waals surface area contributed by atoms with E-state index in [-0.39, 0.29) is 0 Å². The van der Waals surface area contributed by atoms with E-state index in [9.17, 15) is 5.11 Å². The molecule has 2 N–H and O–H groups in total. The second-order valence-electron chi connectivity index (χ2n) is 8.48. The van der Waals surface area contributed by atoms with Crippen LogP contribution in [-0.2, 0) is 0 Å². The zero-order valence-corrected chi connectivity index (χ0v) is 18.0. The first-order chi connectivity index (χ1) is 14.7. The minimum absolute atomic E-state index is 0.437. The molecular weight excluding hydrogens is 378 g/mol. The zero-order valence-electron chi connectivity index (χ0n) is 18.0. The maximum absolute atomic E-state index is 10.8. The average Bonchev–Trinajstić information content (AvgIpc) is 3.30. The van der Waals surface area contributed by atoms with Gasteiger partial charge in [-0.15, -0.1) is 0 Å². The first-order valence-electron chi connectivity index (χ1n) is 11.3. The van der Waals surface area contributed by atoms with Crippen molar-refractivity contribution in [1.29, 1.82) is 0 Å². The van der Waals surface area contributed by atoms with Crippen molar-refractivity contribution in [3.05, 3.63) is 36.8 Å². The predicted molar refractivity (Wildman–Crippen MR) is 118 cm³/mol. The summed E-state index contributed by atoms with van der Waals surface area (Å²) in [5, 5.41) is 14.2. The first kappa shape index (κ1) is 21.3. The predicted octanol–water partition coefficient (Wildman–Crippen LogP) is 2.55. The van der Waals surface area contributed by atoms with Crippen LogP contribution in [0.15, 0.2) is 36.8 Å². The van der Waals surface area contributed by atoms with Crippen molar-refractivity contribution in [2.75, 3.05) is 46.4 Å². The van der Waals surface area contributed by atoms with Crippen LogP contribution in [-0.4, -0.2) is 76.9 Å². The summed E-state index contributed by atoms with van der Waals surface area (Å²) < 4.78 is 7.78. The Kier molecular flexibility index (Phi) is 7.38. The van der Waals surface area contributed by atoms with Crippen LogP contribution in [0.3, 0.4) is 0 Å². The largest absolute Gasteiger partial charge is 0.492 e. The number of aliphatic hydroxyl groups is 1. The van der Waals surface area contributed by atoms with E-state index in [1.807, 2.05) is 37.5 Å². The summed E-state index contributed by atoms with van der Waals surface area (Å²) in [6.45, 7) is 5.90. The molecule has 1 atom stereocenters. The summed E-state index contributed by atoms with van der Waals surface area (Å²) in [7, 11) is 2.01. The lowest BCUT2D eigenvalue weighted by atomic mass is 9.95. The van der Waals surface area contributed by atoms with Crippen LogP contribution < -0.4 is 10.1 Å². The van der Waals surface area contributed by atoms with E-state index in [4.69, 9.17) is 4.74 Å². The third kappa shape index (κ3) is 5.40. The molecule has 1 aromatic heterocycles. The lowest BCUT2D eigenvalue weighted by Gasteiger charge is -2.34. The van der Waals surface area contributed by atoms with Gasteiger partial charge < -0.3 is 15.2 Å². The van der Waals surface area contributed by atoms with Crippen molar-refractivity contribution in [3.8, 4) is 17.0 Å². The van der Waals surface area contributed by atoms with E-state index in [0.29, 0.717) is 12.6 Å². The third-order valence-electron chi connectivity index (χ3n) is 6.40. The highest BCUT2D eigenvalue weighted by molar-refractivity contribution is 5.60. The van der Waals surface area contributed by atoms with Gasteiger partial charge in [0.15, 0.2) is 6.35 Å². The molecule has 0 radical (unpaired) electrons. The molecule has 2 aromatic rings. The van der Waals surface area contributed by atoms with E-state index in [0.717, 1.165) is 62.6 Å². The quantitative estimate of drug-likeness (QED) is 0.649. The number of ether oxygens (including phenoxy) is 1. The molecule has 0 amide bonds. The van der Waals surface area contributed by atoms with E-state index in [1.165, 1.54) is 19.3 Å². The van der Waals surface area contributed by atoms with Gasteiger partial charge in [-0.2, -0.15) is 0 Å². The summed E-state index contributed by atoms with van der Waals surface area (Å²) in [4.78, 5) is 9.03. The Morgan fingerprint density at radius 3 is 2.83 bits per heavy atom. The Labute approximate surface area is 179 Å². The molecule has 0 spiro atoms. The number of benzene rings is 1. The Morgan fingerprint density at radius 2 is 2.03 bits per heavy atom. The standard InChI is InChI=1S/C23H35N5O2/c1-26(20-7-3-2-4-8-20)23(29)28-17-22(25-18-28)19-6-5-9-21(16-19)30-15-14-27-12-10-24-11-13-27/h5-6,9,16-18,20,23-24,29H,2-4,7-8,10-15H2,1H3. The van der Waals surface area contributed by atoms with Crippen LogP contribution in [0.4, 0.5) is 0 Å². The van der Waals surface area contributed by atoms with E-state index >= 15 is 0 Å². The number of aromatic nitrogens is 2. The van der Waals surface area contributed by atoms with Gasteiger partial charge in [0.2, 0.25) is 0 Å².